The minimum Gasteiger partial charge on any atom is -0.393 e. The van der Waals surface area contributed by atoms with Crippen molar-refractivity contribution in [1.29, 1.82) is 0 Å². The van der Waals surface area contributed by atoms with E-state index in [0.29, 0.717) is 25.3 Å². The van der Waals surface area contributed by atoms with Gasteiger partial charge in [0.1, 0.15) is 0 Å². The van der Waals surface area contributed by atoms with E-state index in [-0.39, 0.29) is 12.0 Å². The molecule has 0 aliphatic heterocycles. The smallest absolute Gasteiger partial charge is 0.220 e. The number of hydrogen-bond donors (Lipinski definition) is 2. The lowest BCUT2D eigenvalue weighted by molar-refractivity contribution is -0.120. The quantitative estimate of drug-likeness (QED) is 0.719. The molecule has 19 heavy (non-hydrogen) atoms. The monoisotopic (exact) mass is 279 g/mol. The van der Waals surface area contributed by atoms with Crippen molar-refractivity contribution < 1.29 is 9.90 Å². The van der Waals surface area contributed by atoms with Crippen LogP contribution >= 0.6 is 11.8 Å². The number of benzene rings is 1. The van der Waals surface area contributed by atoms with Crippen LogP contribution in [-0.2, 0) is 4.79 Å². The van der Waals surface area contributed by atoms with E-state index in [1.54, 1.807) is 11.8 Å². The summed E-state index contributed by atoms with van der Waals surface area (Å²) >= 11 is 1.69. The van der Waals surface area contributed by atoms with E-state index in [4.69, 9.17) is 0 Å². The lowest BCUT2D eigenvalue weighted by atomic mass is 10.1. The van der Waals surface area contributed by atoms with Gasteiger partial charge in [0.2, 0.25) is 5.91 Å². The third kappa shape index (κ3) is 5.66. The highest BCUT2D eigenvalue weighted by Gasteiger charge is 2.29. The number of nitrogens with one attached hydrogen (secondary N) is 1. The Bertz CT molecular complexity index is 392. The Morgan fingerprint density at radius 2 is 2.11 bits per heavy atom. The lowest BCUT2D eigenvalue weighted by Crippen LogP contribution is -2.27. The molecule has 4 heteroatoms. The molecule has 0 saturated heterocycles. The molecule has 1 aromatic rings. The molecule has 1 aliphatic carbocycles. The predicted molar refractivity (Wildman–Crippen MR) is 78.1 cm³/mol. The fourth-order valence-corrected chi connectivity index (χ4v) is 2.82. The van der Waals surface area contributed by atoms with E-state index >= 15 is 0 Å². The zero-order chi connectivity index (χ0) is 13.5. The number of aliphatic hydroxyl groups is 1. The van der Waals surface area contributed by atoms with Gasteiger partial charge in [-0.25, -0.2) is 0 Å². The van der Waals surface area contributed by atoms with Crippen molar-refractivity contribution in [1.82, 2.24) is 5.32 Å². The van der Waals surface area contributed by atoms with Gasteiger partial charge in [-0.05, 0) is 37.3 Å². The van der Waals surface area contributed by atoms with Crippen molar-refractivity contribution in [2.24, 2.45) is 5.92 Å². The van der Waals surface area contributed by atoms with E-state index < -0.39 is 0 Å². The summed E-state index contributed by atoms with van der Waals surface area (Å²) in [5.74, 6) is 1.36. The summed E-state index contributed by atoms with van der Waals surface area (Å²) in [6.45, 7) is 0.590. The summed E-state index contributed by atoms with van der Waals surface area (Å²) in [5.41, 5.74) is 0. The molecule has 0 heterocycles. The maximum absolute atomic E-state index is 11.6. The second-order valence-electron chi connectivity index (χ2n) is 4.95. The van der Waals surface area contributed by atoms with Crippen molar-refractivity contribution in [3.63, 3.8) is 0 Å². The van der Waals surface area contributed by atoms with Crippen LogP contribution in [0.1, 0.15) is 25.7 Å². The number of aliphatic hydroxyl groups excluding tert-OH is 1. The fourth-order valence-electron chi connectivity index (χ4n) is 1.94. The van der Waals surface area contributed by atoms with Gasteiger partial charge in [0.25, 0.3) is 0 Å². The van der Waals surface area contributed by atoms with Crippen LogP contribution in [-0.4, -0.2) is 29.4 Å². The minimum atomic E-state index is -0.223. The normalized spacial score (nSPS) is 16.1. The molecular formula is C15H21NO2S. The van der Waals surface area contributed by atoms with Crippen LogP contribution in [0.5, 0.6) is 0 Å². The van der Waals surface area contributed by atoms with Crippen LogP contribution in [0.25, 0.3) is 0 Å². The van der Waals surface area contributed by atoms with Crippen molar-refractivity contribution in [3.05, 3.63) is 30.3 Å². The van der Waals surface area contributed by atoms with E-state index in [9.17, 15) is 9.90 Å². The summed E-state index contributed by atoms with van der Waals surface area (Å²) < 4.78 is 0. The molecule has 1 saturated carbocycles. The van der Waals surface area contributed by atoms with E-state index in [1.165, 1.54) is 4.90 Å². The topological polar surface area (TPSA) is 49.3 Å². The molecule has 1 aliphatic rings. The third-order valence-corrected chi connectivity index (χ3v) is 4.28. The Morgan fingerprint density at radius 3 is 2.79 bits per heavy atom. The zero-order valence-electron chi connectivity index (χ0n) is 11.0. The third-order valence-electron chi connectivity index (χ3n) is 3.27. The van der Waals surface area contributed by atoms with E-state index in [0.717, 1.165) is 18.6 Å². The first-order valence-corrected chi connectivity index (χ1v) is 7.87. The number of carbonyl (C=O) groups is 1. The van der Waals surface area contributed by atoms with Gasteiger partial charge >= 0.3 is 0 Å². The molecule has 1 amide bonds. The average Bonchev–Trinajstić information content (AvgIpc) is 3.24. The lowest BCUT2D eigenvalue weighted by Gasteiger charge is -2.09. The van der Waals surface area contributed by atoms with Gasteiger partial charge in [-0.2, -0.15) is 0 Å². The first kappa shape index (κ1) is 14.4. The molecule has 0 radical (unpaired) electrons. The maximum Gasteiger partial charge on any atom is 0.220 e. The standard InChI is InChI=1S/C15H21NO2S/c17-14(12-6-7-12)8-10-16-15(18)9-11-19-13-4-2-1-3-5-13/h1-5,12,14,17H,6-11H2,(H,16,18). The summed E-state index contributed by atoms with van der Waals surface area (Å²) in [6, 6.07) is 10.1. The van der Waals surface area contributed by atoms with Crippen LogP contribution in [0, 0.1) is 5.92 Å². The number of amides is 1. The highest BCUT2D eigenvalue weighted by atomic mass is 32.2. The Balaban J connectivity index is 1.52. The second-order valence-corrected chi connectivity index (χ2v) is 6.12. The highest BCUT2D eigenvalue weighted by molar-refractivity contribution is 7.99. The molecule has 1 fully saturated rings. The maximum atomic E-state index is 11.6. The molecular weight excluding hydrogens is 258 g/mol. The molecule has 0 aromatic heterocycles. The van der Waals surface area contributed by atoms with Crippen LogP contribution in [0.15, 0.2) is 35.2 Å². The molecule has 1 unspecified atom stereocenters. The van der Waals surface area contributed by atoms with E-state index in [1.807, 2.05) is 18.2 Å². The van der Waals surface area contributed by atoms with Gasteiger partial charge in [0, 0.05) is 23.6 Å². The summed E-state index contributed by atoms with van der Waals surface area (Å²) in [5, 5.41) is 12.5. The largest absolute Gasteiger partial charge is 0.393 e. The Hall–Kier alpha value is -1.00. The van der Waals surface area contributed by atoms with Gasteiger partial charge in [0.15, 0.2) is 0 Å². The SMILES string of the molecule is O=C(CCSc1ccccc1)NCCC(O)C1CC1. The van der Waals surface area contributed by atoms with Gasteiger partial charge in [-0.1, -0.05) is 18.2 Å². The van der Waals surface area contributed by atoms with Gasteiger partial charge in [-0.15, -0.1) is 11.8 Å². The van der Waals surface area contributed by atoms with Gasteiger partial charge in [-0.3, -0.25) is 4.79 Å². The molecule has 1 aromatic carbocycles. The Morgan fingerprint density at radius 1 is 1.37 bits per heavy atom. The summed E-state index contributed by atoms with van der Waals surface area (Å²) in [6.07, 6.45) is 3.27. The zero-order valence-corrected chi connectivity index (χ0v) is 11.9. The van der Waals surface area contributed by atoms with Crippen molar-refractivity contribution in [3.8, 4) is 0 Å². The van der Waals surface area contributed by atoms with Crippen LogP contribution in [0.4, 0.5) is 0 Å². The van der Waals surface area contributed by atoms with Gasteiger partial charge in [0.05, 0.1) is 6.10 Å². The Labute approximate surface area is 118 Å². The molecule has 0 spiro atoms. The highest BCUT2D eigenvalue weighted by Crippen LogP contribution is 2.33. The fraction of sp³-hybridized carbons (Fsp3) is 0.533. The molecule has 1 atom stereocenters. The van der Waals surface area contributed by atoms with Gasteiger partial charge < -0.3 is 10.4 Å². The molecule has 104 valence electrons. The minimum absolute atomic E-state index is 0.0754. The average molecular weight is 279 g/mol. The van der Waals surface area contributed by atoms with E-state index in [2.05, 4.69) is 17.4 Å². The van der Waals surface area contributed by atoms with Crippen molar-refractivity contribution >= 4 is 17.7 Å². The number of hydrogen-bond acceptors (Lipinski definition) is 3. The predicted octanol–water partition coefficient (Wildman–Crippen LogP) is 2.45. The van der Waals surface area contributed by atoms with Crippen molar-refractivity contribution in [2.75, 3.05) is 12.3 Å². The number of thioether (sulfide) groups is 1. The van der Waals surface area contributed by atoms with Crippen LogP contribution in [0.2, 0.25) is 0 Å². The molecule has 0 bridgehead atoms. The summed E-state index contributed by atoms with van der Waals surface area (Å²) in [4.78, 5) is 12.8. The molecule has 3 nitrogen and oxygen atoms in total. The second kappa shape index (κ2) is 7.56. The summed E-state index contributed by atoms with van der Waals surface area (Å²) in [7, 11) is 0. The number of rotatable bonds is 8. The van der Waals surface area contributed by atoms with Crippen molar-refractivity contribution in [2.45, 2.75) is 36.7 Å². The Kier molecular flexibility index (Phi) is 5.73. The molecule has 2 N–H and O–H groups in total. The van der Waals surface area contributed by atoms with Crippen LogP contribution in [0.3, 0.4) is 0 Å². The first-order valence-electron chi connectivity index (χ1n) is 6.88. The molecule has 2 rings (SSSR count). The van der Waals surface area contributed by atoms with Crippen LogP contribution < -0.4 is 5.32 Å². The first-order chi connectivity index (χ1) is 9.25. The number of carbonyl (C=O) groups excluding carboxylic acids is 1.